The van der Waals surface area contributed by atoms with Crippen molar-refractivity contribution in [3.63, 3.8) is 0 Å². The van der Waals surface area contributed by atoms with Gasteiger partial charge in [0.2, 0.25) is 0 Å². The third-order valence-electron chi connectivity index (χ3n) is 4.68. The van der Waals surface area contributed by atoms with Crippen LogP contribution in [0.15, 0.2) is 45.9 Å². The number of nitrogens with two attached hydrogens (primary N) is 1. The summed E-state index contributed by atoms with van der Waals surface area (Å²) in [6.07, 6.45) is 4.85. The van der Waals surface area contributed by atoms with E-state index in [1.54, 1.807) is 0 Å². The molecule has 0 amide bonds. The van der Waals surface area contributed by atoms with Gasteiger partial charge in [-0.25, -0.2) is 12.8 Å². The summed E-state index contributed by atoms with van der Waals surface area (Å²) in [6.45, 7) is 0. The normalized spacial score (nSPS) is 16.5. The average molecular weight is 391 g/mol. The molecule has 1 aromatic carbocycles. The largest absolute Gasteiger partial charge is 0.356 e. The van der Waals surface area contributed by atoms with Crippen molar-refractivity contribution in [2.24, 2.45) is 5.73 Å². The molecule has 27 heavy (non-hydrogen) atoms. The molecule has 0 atom stereocenters. The first-order valence-corrected chi connectivity index (χ1v) is 9.95. The molecule has 0 bridgehead atoms. The molecule has 0 unspecified atom stereocenters. The fourth-order valence-electron chi connectivity index (χ4n) is 3.17. The zero-order valence-electron chi connectivity index (χ0n) is 14.3. The Hall–Kier alpha value is -2.72. The van der Waals surface area contributed by atoms with Gasteiger partial charge in [0.05, 0.1) is 11.2 Å². The maximum absolute atomic E-state index is 13.7. The van der Waals surface area contributed by atoms with E-state index in [1.165, 1.54) is 36.5 Å². The van der Waals surface area contributed by atoms with E-state index in [-0.39, 0.29) is 16.5 Å². The van der Waals surface area contributed by atoms with Crippen molar-refractivity contribution >= 4 is 15.7 Å². The zero-order valence-corrected chi connectivity index (χ0v) is 15.1. The van der Waals surface area contributed by atoms with E-state index in [0.29, 0.717) is 11.5 Å². The summed E-state index contributed by atoms with van der Waals surface area (Å²) in [5.74, 6) is -0.101. The van der Waals surface area contributed by atoms with Gasteiger partial charge in [0.25, 0.3) is 15.9 Å². The first-order chi connectivity index (χ1) is 12.9. The van der Waals surface area contributed by atoms with Gasteiger partial charge in [-0.1, -0.05) is 30.1 Å². The van der Waals surface area contributed by atoms with E-state index in [2.05, 4.69) is 19.8 Å². The zero-order chi connectivity index (χ0) is 19.1. The number of sulfonamides is 1. The lowest BCUT2D eigenvalue weighted by Gasteiger charge is -2.17. The van der Waals surface area contributed by atoms with E-state index in [0.717, 1.165) is 25.7 Å². The van der Waals surface area contributed by atoms with Gasteiger partial charge in [0.1, 0.15) is 16.4 Å². The minimum absolute atomic E-state index is 0.0798. The Kier molecular flexibility index (Phi) is 4.23. The van der Waals surface area contributed by atoms with Gasteiger partial charge in [-0.15, -0.1) is 0 Å². The van der Waals surface area contributed by atoms with E-state index in [9.17, 15) is 12.8 Å². The molecule has 10 heteroatoms. The van der Waals surface area contributed by atoms with Crippen LogP contribution >= 0.6 is 0 Å². The molecule has 0 saturated heterocycles. The number of hydrogen-bond acceptors (Lipinski definition) is 6. The number of aromatic nitrogens is 3. The predicted molar refractivity (Wildman–Crippen MR) is 95.6 cm³/mol. The maximum atomic E-state index is 13.7. The van der Waals surface area contributed by atoms with E-state index in [1.807, 2.05) is 0 Å². The molecule has 1 fully saturated rings. The summed E-state index contributed by atoms with van der Waals surface area (Å²) in [4.78, 5) is 7.03. The third kappa shape index (κ3) is 3.33. The number of H-pyrrole nitrogens is 1. The van der Waals surface area contributed by atoms with Crippen LogP contribution in [0.25, 0.3) is 11.6 Å². The predicted octanol–water partition coefficient (Wildman–Crippen LogP) is 2.73. The highest BCUT2D eigenvalue weighted by molar-refractivity contribution is 7.92. The number of halogens is 1. The van der Waals surface area contributed by atoms with Crippen LogP contribution in [-0.2, 0) is 15.6 Å². The van der Waals surface area contributed by atoms with Crippen LogP contribution < -0.4 is 10.5 Å². The second-order valence-corrected chi connectivity index (χ2v) is 8.30. The molecule has 1 saturated carbocycles. The Labute approximate surface area is 155 Å². The smallest absolute Gasteiger partial charge is 0.274 e. The fourth-order valence-corrected chi connectivity index (χ4v) is 4.23. The topological polar surface area (TPSA) is 127 Å². The van der Waals surface area contributed by atoms with Crippen molar-refractivity contribution in [2.45, 2.75) is 36.1 Å². The Balaban J connectivity index is 1.58. The van der Waals surface area contributed by atoms with Gasteiger partial charge in [0, 0.05) is 6.20 Å². The Bertz CT molecular complexity index is 1070. The van der Waals surface area contributed by atoms with E-state index in [4.69, 9.17) is 10.3 Å². The van der Waals surface area contributed by atoms with Crippen molar-refractivity contribution in [2.75, 3.05) is 4.72 Å². The van der Waals surface area contributed by atoms with Crippen LogP contribution in [0, 0.1) is 5.82 Å². The van der Waals surface area contributed by atoms with Crippen molar-refractivity contribution in [1.29, 1.82) is 0 Å². The summed E-state index contributed by atoms with van der Waals surface area (Å²) in [6, 6.07) is 6.87. The molecule has 0 spiro atoms. The number of nitrogens with one attached hydrogen (secondary N) is 2. The fraction of sp³-hybridized carbons (Fsp3) is 0.294. The van der Waals surface area contributed by atoms with Crippen LogP contribution in [0.5, 0.6) is 0 Å². The molecule has 3 aromatic rings. The van der Waals surface area contributed by atoms with Crippen LogP contribution in [0.3, 0.4) is 0 Å². The van der Waals surface area contributed by atoms with Crippen molar-refractivity contribution < 1.29 is 17.3 Å². The minimum Gasteiger partial charge on any atom is -0.356 e. The molecular formula is C17H18FN5O3S. The van der Waals surface area contributed by atoms with Gasteiger partial charge < -0.3 is 15.2 Å². The summed E-state index contributed by atoms with van der Waals surface area (Å²) in [7, 11) is -3.98. The lowest BCUT2D eigenvalue weighted by molar-refractivity contribution is 0.372. The first-order valence-electron chi connectivity index (χ1n) is 8.47. The summed E-state index contributed by atoms with van der Waals surface area (Å²) in [5.41, 5.74) is 5.91. The molecule has 2 heterocycles. The second kappa shape index (κ2) is 6.46. The molecule has 4 N–H and O–H groups in total. The highest BCUT2D eigenvalue weighted by Crippen LogP contribution is 2.35. The molecule has 142 valence electrons. The molecule has 0 aliphatic heterocycles. The molecule has 1 aliphatic carbocycles. The molecule has 8 nitrogen and oxygen atoms in total. The van der Waals surface area contributed by atoms with Crippen molar-refractivity contribution in [3.05, 3.63) is 48.2 Å². The van der Waals surface area contributed by atoms with E-state index >= 15 is 0 Å². The molecule has 2 aromatic heterocycles. The van der Waals surface area contributed by atoms with Gasteiger partial charge in [-0.2, -0.15) is 4.98 Å². The summed E-state index contributed by atoms with van der Waals surface area (Å²) >= 11 is 0. The number of para-hydroxylation sites is 1. The minimum atomic E-state index is -3.98. The van der Waals surface area contributed by atoms with Crippen molar-refractivity contribution in [3.8, 4) is 11.6 Å². The monoisotopic (exact) mass is 391 g/mol. The number of anilines is 1. The molecule has 1 aliphatic rings. The standard InChI is InChI=1S/C17H18FN5O3S/c18-12-5-1-2-6-13(12)23-27(24,25)11-9-14(20-10-11)15-21-16(22-26-15)17(19)7-3-4-8-17/h1-2,5-6,9-10,20,23H,3-4,7-8,19H2. The Morgan fingerprint density at radius 1 is 1.26 bits per heavy atom. The number of nitrogens with zero attached hydrogens (tertiary/aromatic N) is 2. The lowest BCUT2D eigenvalue weighted by atomic mass is 9.99. The van der Waals surface area contributed by atoms with Gasteiger partial charge in [-0.05, 0) is 31.0 Å². The number of hydrogen-bond donors (Lipinski definition) is 3. The number of aromatic amines is 1. The third-order valence-corrected chi connectivity index (χ3v) is 6.03. The molecule has 0 radical (unpaired) electrons. The second-order valence-electron chi connectivity index (χ2n) is 6.62. The average Bonchev–Trinajstić information content (AvgIpc) is 3.36. The highest BCUT2D eigenvalue weighted by Gasteiger charge is 2.36. The quantitative estimate of drug-likeness (QED) is 0.614. The van der Waals surface area contributed by atoms with Crippen LogP contribution in [0.1, 0.15) is 31.5 Å². The maximum Gasteiger partial charge on any atom is 0.274 e. The van der Waals surface area contributed by atoms with Crippen molar-refractivity contribution in [1.82, 2.24) is 15.1 Å². The molecule has 4 rings (SSSR count). The SMILES string of the molecule is NC1(c2noc(-c3cc(S(=O)(=O)Nc4ccccc4F)c[nH]3)n2)CCCC1. The summed E-state index contributed by atoms with van der Waals surface area (Å²) < 4.78 is 46.1. The summed E-state index contributed by atoms with van der Waals surface area (Å²) in [5, 5.41) is 3.95. The number of benzene rings is 1. The first kappa shape index (κ1) is 17.7. The van der Waals surface area contributed by atoms with E-state index < -0.39 is 21.4 Å². The Morgan fingerprint density at radius 3 is 2.74 bits per heavy atom. The van der Waals surface area contributed by atoms with Gasteiger partial charge >= 0.3 is 0 Å². The van der Waals surface area contributed by atoms with Crippen LogP contribution in [-0.4, -0.2) is 23.5 Å². The Morgan fingerprint density at radius 2 is 2.00 bits per heavy atom. The van der Waals surface area contributed by atoms with Gasteiger partial charge in [-0.3, -0.25) is 4.72 Å². The highest BCUT2D eigenvalue weighted by atomic mass is 32.2. The number of rotatable bonds is 5. The molecular weight excluding hydrogens is 373 g/mol. The van der Waals surface area contributed by atoms with Gasteiger partial charge in [0.15, 0.2) is 5.82 Å². The lowest BCUT2D eigenvalue weighted by Crippen LogP contribution is -2.34. The van der Waals surface area contributed by atoms with Crippen LogP contribution in [0.2, 0.25) is 0 Å². The van der Waals surface area contributed by atoms with Crippen LogP contribution in [0.4, 0.5) is 10.1 Å².